The van der Waals surface area contributed by atoms with E-state index < -0.39 is 41.0 Å². The molecule has 114 valence electrons. The molecule has 21 heavy (non-hydrogen) atoms. The second-order valence-electron chi connectivity index (χ2n) is 4.45. The molecule has 1 rings (SSSR count). The number of aliphatic hydroxyl groups excluding tert-OH is 1. The number of benzene rings is 1. The number of halogens is 1. The second kappa shape index (κ2) is 7.15. The molecule has 0 heterocycles. The number of carbonyl (C=O) groups excluding carboxylic acids is 1. The van der Waals surface area contributed by atoms with Crippen LogP contribution in [-0.4, -0.2) is 38.4 Å². The summed E-state index contributed by atoms with van der Waals surface area (Å²) in [5.41, 5.74) is 0.266. The van der Waals surface area contributed by atoms with Crippen LogP contribution in [-0.2, 0) is 14.6 Å². The summed E-state index contributed by atoms with van der Waals surface area (Å²) < 4.78 is 35.5. The van der Waals surface area contributed by atoms with Gasteiger partial charge in [0.1, 0.15) is 19.2 Å². The monoisotopic (exact) mass is 314 g/mol. The van der Waals surface area contributed by atoms with E-state index in [0.29, 0.717) is 0 Å². The standard InChI is InChI=1S/C13H15FN2O4S/c1-21(19,20)10-4-2-9(3-5-10)13(18)11(8-14)16-12(17)6-7-15/h2-5,11,13,18H,6,8H2,1H3,(H,16,17). The minimum absolute atomic E-state index is 0.0729. The Kier molecular flexibility index (Phi) is 5.81. The van der Waals surface area contributed by atoms with Crippen molar-refractivity contribution in [2.75, 3.05) is 12.9 Å². The molecule has 0 saturated carbocycles. The van der Waals surface area contributed by atoms with Crippen LogP contribution in [0.25, 0.3) is 0 Å². The van der Waals surface area contributed by atoms with Gasteiger partial charge in [0.25, 0.3) is 0 Å². The number of nitrogens with zero attached hydrogens (tertiary/aromatic N) is 1. The first kappa shape index (κ1) is 17.1. The maximum atomic E-state index is 12.9. The molecule has 6 nitrogen and oxygen atoms in total. The normalized spacial score (nSPS) is 14.0. The van der Waals surface area contributed by atoms with E-state index in [1.807, 2.05) is 0 Å². The quantitative estimate of drug-likeness (QED) is 0.794. The van der Waals surface area contributed by atoms with E-state index in [4.69, 9.17) is 5.26 Å². The number of alkyl halides is 1. The number of sulfone groups is 1. The zero-order valence-electron chi connectivity index (χ0n) is 11.3. The molecule has 2 atom stereocenters. The predicted molar refractivity (Wildman–Crippen MR) is 72.6 cm³/mol. The van der Waals surface area contributed by atoms with Crippen molar-refractivity contribution >= 4 is 15.7 Å². The van der Waals surface area contributed by atoms with Gasteiger partial charge in [0, 0.05) is 6.26 Å². The lowest BCUT2D eigenvalue weighted by Crippen LogP contribution is -2.40. The van der Waals surface area contributed by atoms with Crippen LogP contribution in [0.4, 0.5) is 4.39 Å². The minimum Gasteiger partial charge on any atom is -0.386 e. The smallest absolute Gasteiger partial charge is 0.234 e. The predicted octanol–water partition coefficient (Wildman–Crippen LogP) is 0.491. The molecular formula is C13H15FN2O4S. The van der Waals surface area contributed by atoms with Gasteiger partial charge in [-0.15, -0.1) is 0 Å². The molecule has 2 unspecified atom stereocenters. The number of aliphatic hydroxyl groups is 1. The van der Waals surface area contributed by atoms with Crippen LogP contribution in [0.1, 0.15) is 18.1 Å². The highest BCUT2D eigenvalue weighted by molar-refractivity contribution is 7.90. The molecule has 0 aliphatic heterocycles. The van der Waals surface area contributed by atoms with Crippen molar-refractivity contribution in [2.45, 2.75) is 23.5 Å². The fourth-order valence-electron chi connectivity index (χ4n) is 1.68. The summed E-state index contributed by atoms with van der Waals surface area (Å²) in [4.78, 5) is 11.3. The van der Waals surface area contributed by atoms with Gasteiger partial charge in [-0.05, 0) is 17.7 Å². The van der Waals surface area contributed by atoms with Crippen molar-refractivity contribution in [1.82, 2.24) is 5.32 Å². The van der Waals surface area contributed by atoms with Gasteiger partial charge in [0.05, 0.1) is 17.0 Å². The van der Waals surface area contributed by atoms with Gasteiger partial charge in [-0.2, -0.15) is 5.26 Å². The molecule has 0 aromatic heterocycles. The SMILES string of the molecule is CS(=O)(=O)c1ccc(C(O)C(CF)NC(=O)CC#N)cc1. The summed E-state index contributed by atoms with van der Waals surface area (Å²) in [5.74, 6) is -0.688. The summed E-state index contributed by atoms with van der Waals surface area (Å²) in [6, 6.07) is 5.70. The Bertz CT molecular complexity index is 637. The van der Waals surface area contributed by atoms with Crippen LogP contribution in [0.3, 0.4) is 0 Å². The largest absolute Gasteiger partial charge is 0.386 e. The van der Waals surface area contributed by atoms with Crippen LogP contribution in [0.2, 0.25) is 0 Å². The van der Waals surface area contributed by atoms with Gasteiger partial charge in [0.15, 0.2) is 9.84 Å². The number of rotatable bonds is 6. The maximum Gasteiger partial charge on any atom is 0.234 e. The van der Waals surface area contributed by atoms with E-state index in [9.17, 15) is 22.7 Å². The topological polar surface area (TPSA) is 107 Å². The molecular weight excluding hydrogens is 299 g/mol. The Morgan fingerprint density at radius 3 is 2.43 bits per heavy atom. The van der Waals surface area contributed by atoms with Crippen molar-refractivity contribution < 1.29 is 22.7 Å². The lowest BCUT2D eigenvalue weighted by Gasteiger charge is -2.21. The van der Waals surface area contributed by atoms with Crippen LogP contribution in [0.15, 0.2) is 29.2 Å². The Morgan fingerprint density at radius 1 is 1.43 bits per heavy atom. The molecule has 0 fully saturated rings. The van der Waals surface area contributed by atoms with Crippen molar-refractivity contribution in [3.8, 4) is 6.07 Å². The number of amides is 1. The zero-order chi connectivity index (χ0) is 16.0. The van der Waals surface area contributed by atoms with E-state index in [1.54, 1.807) is 6.07 Å². The van der Waals surface area contributed by atoms with Gasteiger partial charge in [-0.3, -0.25) is 4.79 Å². The summed E-state index contributed by atoms with van der Waals surface area (Å²) in [6.45, 7) is -1.02. The van der Waals surface area contributed by atoms with E-state index in [0.717, 1.165) is 6.26 Å². The fraction of sp³-hybridized carbons (Fsp3) is 0.385. The van der Waals surface area contributed by atoms with Gasteiger partial charge >= 0.3 is 0 Å². The third kappa shape index (κ3) is 4.81. The molecule has 1 aromatic rings. The van der Waals surface area contributed by atoms with E-state index in [-0.39, 0.29) is 10.5 Å². The lowest BCUT2D eigenvalue weighted by atomic mass is 10.0. The summed E-state index contributed by atoms with van der Waals surface area (Å²) in [6.07, 6.45) is -0.729. The average molecular weight is 314 g/mol. The third-order valence-electron chi connectivity index (χ3n) is 2.78. The van der Waals surface area contributed by atoms with Crippen LogP contribution < -0.4 is 5.32 Å². The molecule has 0 bridgehead atoms. The Balaban J connectivity index is 2.88. The first-order chi connectivity index (χ1) is 9.79. The lowest BCUT2D eigenvalue weighted by molar-refractivity contribution is -0.121. The maximum absolute atomic E-state index is 12.9. The molecule has 0 aliphatic carbocycles. The van der Waals surface area contributed by atoms with Crippen molar-refractivity contribution in [1.29, 1.82) is 5.26 Å². The van der Waals surface area contributed by atoms with E-state index in [2.05, 4.69) is 5.32 Å². The fourth-order valence-corrected chi connectivity index (χ4v) is 2.31. The van der Waals surface area contributed by atoms with Crippen LogP contribution in [0.5, 0.6) is 0 Å². The highest BCUT2D eigenvalue weighted by Crippen LogP contribution is 2.20. The number of carbonyl (C=O) groups is 1. The van der Waals surface area contributed by atoms with Gasteiger partial charge in [-0.25, -0.2) is 12.8 Å². The number of hydrogen-bond donors (Lipinski definition) is 2. The summed E-state index contributed by atoms with van der Waals surface area (Å²) >= 11 is 0. The van der Waals surface area contributed by atoms with Gasteiger partial charge in [0.2, 0.25) is 5.91 Å². The summed E-state index contributed by atoms with van der Waals surface area (Å²) in [5, 5.41) is 20.6. The van der Waals surface area contributed by atoms with Crippen molar-refractivity contribution in [3.05, 3.63) is 29.8 Å². The Morgan fingerprint density at radius 2 is 2.00 bits per heavy atom. The zero-order valence-corrected chi connectivity index (χ0v) is 12.1. The Labute approximate surface area is 122 Å². The molecule has 2 N–H and O–H groups in total. The highest BCUT2D eigenvalue weighted by atomic mass is 32.2. The molecule has 0 radical (unpaired) electrons. The number of nitrogens with one attached hydrogen (secondary N) is 1. The van der Waals surface area contributed by atoms with E-state index in [1.165, 1.54) is 24.3 Å². The first-order valence-electron chi connectivity index (χ1n) is 6.00. The van der Waals surface area contributed by atoms with Gasteiger partial charge in [-0.1, -0.05) is 12.1 Å². The number of nitriles is 1. The van der Waals surface area contributed by atoms with E-state index >= 15 is 0 Å². The second-order valence-corrected chi connectivity index (χ2v) is 6.46. The highest BCUT2D eigenvalue weighted by Gasteiger charge is 2.23. The molecule has 8 heteroatoms. The van der Waals surface area contributed by atoms with Crippen molar-refractivity contribution in [2.24, 2.45) is 0 Å². The molecule has 0 aliphatic rings. The molecule has 1 aromatic carbocycles. The van der Waals surface area contributed by atoms with Crippen LogP contribution in [0, 0.1) is 11.3 Å². The average Bonchev–Trinajstić information content (AvgIpc) is 2.43. The van der Waals surface area contributed by atoms with Crippen molar-refractivity contribution in [3.63, 3.8) is 0 Å². The summed E-state index contributed by atoms with van der Waals surface area (Å²) in [7, 11) is -3.36. The third-order valence-corrected chi connectivity index (χ3v) is 3.91. The molecule has 0 spiro atoms. The van der Waals surface area contributed by atoms with Crippen LogP contribution >= 0.6 is 0 Å². The molecule has 0 saturated heterocycles. The minimum atomic E-state index is -3.36. The first-order valence-corrected chi connectivity index (χ1v) is 7.89. The Hall–Kier alpha value is -1.98. The molecule has 1 amide bonds. The van der Waals surface area contributed by atoms with Gasteiger partial charge < -0.3 is 10.4 Å². The number of hydrogen-bond acceptors (Lipinski definition) is 5.